The van der Waals surface area contributed by atoms with Crippen LogP contribution in [0.1, 0.15) is 57.9 Å². The van der Waals surface area contributed by atoms with Gasteiger partial charge in [-0.15, -0.1) is 0 Å². The molecule has 0 heterocycles. The third-order valence-electron chi connectivity index (χ3n) is 5.99. The standard InChI is InChI=1S/C26H27N3O/c1-17-10-12-18(13-11-17)24(28)22-16-21(14-15-23(22)27)26(30)29-25(20-8-5-9-20)19-6-3-2-4-7-19/h2-4,6-7,10-16,20,25,28H,5,8-9,27H2,1H3,(H,29,30). The molecular weight excluding hydrogens is 370 g/mol. The highest BCUT2D eigenvalue weighted by Crippen LogP contribution is 2.37. The van der Waals surface area contributed by atoms with Crippen LogP contribution in [-0.4, -0.2) is 11.6 Å². The number of hydrogen-bond donors (Lipinski definition) is 3. The van der Waals surface area contributed by atoms with Gasteiger partial charge >= 0.3 is 0 Å². The molecule has 3 aromatic rings. The molecule has 0 radical (unpaired) electrons. The van der Waals surface area contributed by atoms with Gasteiger partial charge in [0.25, 0.3) is 5.91 Å². The Hall–Kier alpha value is -3.40. The van der Waals surface area contributed by atoms with Crippen molar-refractivity contribution in [2.45, 2.75) is 32.2 Å². The van der Waals surface area contributed by atoms with Crippen LogP contribution < -0.4 is 11.1 Å². The molecule has 1 aliphatic carbocycles. The largest absolute Gasteiger partial charge is 0.398 e. The molecule has 1 aliphatic rings. The van der Waals surface area contributed by atoms with Crippen molar-refractivity contribution in [2.24, 2.45) is 5.92 Å². The Labute approximate surface area is 177 Å². The third-order valence-corrected chi connectivity index (χ3v) is 5.99. The first-order valence-electron chi connectivity index (χ1n) is 10.4. The molecule has 4 heteroatoms. The van der Waals surface area contributed by atoms with Crippen LogP contribution in [0, 0.1) is 18.3 Å². The van der Waals surface area contributed by atoms with Gasteiger partial charge in [0, 0.05) is 22.4 Å². The van der Waals surface area contributed by atoms with Crippen LogP contribution in [0.25, 0.3) is 0 Å². The van der Waals surface area contributed by atoms with Gasteiger partial charge in [-0.2, -0.15) is 0 Å². The lowest BCUT2D eigenvalue weighted by molar-refractivity contribution is 0.0900. The number of amides is 1. The van der Waals surface area contributed by atoms with E-state index >= 15 is 0 Å². The number of nitrogens with one attached hydrogen (secondary N) is 2. The van der Waals surface area contributed by atoms with Crippen molar-refractivity contribution in [3.8, 4) is 0 Å². The summed E-state index contributed by atoms with van der Waals surface area (Å²) in [5.74, 6) is 0.337. The number of carbonyl (C=O) groups excluding carboxylic acids is 1. The van der Waals surface area contributed by atoms with Gasteiger partial charge < -0.3 is 11.1 Å². The van der Waals surface area contributed by atoms with Crippen LogP contribution in [0.15, 0.2) is 72.8 Å². The first kappa shape index (κ1) is 19.9. The molecule has 3 aromatic carbocycles. The highest BCUT2D eigenvalue weighted by Gasteiger charge is 2.30. The Balaban J connectivity index is 1.59. The Morgan fingerprint density at radius 3 is 2.30 bits per heavy atom. The Morgan fingerprint density at radius 2 is 1.67 bits per heavy atom. The molecule has 0 spiro atoms. The summed E-state index contributed by atoms with van der Waals surface area (Å²) in [7, 11) is 0. The zero-order chi connectivity index (χ0) is 21.1. The molecule has 4 nitrogen and oxygen atoms in total. The van der Waals surface area contributed by atoms with Crippen molar-refractivity contribution >= 4 is 17.3 Å². The minimum absolute atomic E-state index is 0.00463. The second kappa shape index (κ2) is 8.54. The van der Waals surface area contributed by atoms with E-state index in [9.17, 15) is 4.79 Å². The fourth-order valence-corrected chi connectivity index (χ4v) is 3.92. The van der Waals surface area contributed by atoms with Crippen LogP contribution in [0.2, 0.25) is 0 Å². The molecule has 1 saturated carbocycles. The summed E-state index contributed by atoms with van der Waals surface area (Å²) in [5.41, 5.74) is 11.1. The number of nitrogen functional groups attached to an aromatic ring is 1. The molecule has 1 unspecified atom stereocenters. The molecule has 152 valence electrons. The molecule has 0 saturated heterocycles. The molecule has 4 rings (SSSR count). The van der Waals surface area contributed by atoms with Gasteiger partial charge in [0.1, 0.15) is 0 Å². The average Bonchev–Trinajstić information content (AvgIpc) is 2.73. The summed E-state index contributed by atoms with van der Waals surface area (Å²) in [6.45, 7) is 2.01. The van der Waals surface area contributed by atoms with Gasteiger partial charge in [-0.05, 0) is 49.4 Å². The van der Waals surface area contributed by atoms with Crippen LogP contribution in [0.3, 0.4) is 0 Å². The fraction of sp³-hybridized carbons (Fsp3) is 0.231. The minimum Gasteiger partial charge on any atom is -0.398 e. The average molecular weight is 398 g/mol. The highest BCUT2D eigenvalue weighted by molar-refractivity contribution is 6.14. The smallest absolute Gasteiger partial charge is 0.251 e. The molecule has 4 N–H and O–H groups in total. The summed E-state index contributed by atoms with van der Waals surface area (Å²) in [6.07, 6.45) is 3.47. The number of carbonyl (C=O) groups is 1. The highest BCUT2D eigenvalue weighted by atomic mass is 16.1. The van der Waals surface area contributed by atoms with Gasteiger partial charge in [-0.1, -0.05) is 66.6 Å². The maximum atomic E-state index is 13.1. The summed E-state index contributed by atoms with van der Waals surface area (Å²) in [6, 6.07) is 23.1. The van der Waals surface area contributed by atoms with E-state index in [1.165, 1.54) is 6.42 Å². The topological polar surface area (TPSA) is 79.0 Å². The van der Waals surface area contributed by atoms with E-state index in [4.69, 9.17) is 11.1 Å². The van der Waals surface area contributed by atoms with Crippen molar-refractivity contribution in [1.82, 2.24) is 5.32 Å². The lowest BCUT2D eigenvalue weighted by Gasteiger charge is -2.34. The SMILES string of the molecule is Cc1ccc(C(=N)c2cc(C(=O)NC(c3ccccc3)C3CCC3)ccc2N)cc1. The zero-order valence-electron chi connectivity index (χ0n) is 17.2. The van der Waals surface area contributed by atoms with Gasteiger partial charge in [-0.25, -0.2) is 0 Å². The van der Waals surface area contributed by atoms with E-state index in [0.29, 0.717) is 28.4 Å². The quantitative estimate of drug-likeness (QED) is 0.392. The molecule has 0 bridgehead atoms. The number of hydrogen-bond acceptors (Lipinski definition) is 3. The van der Waals surface area contributed by atoms with Crippen LogP contribution in [0.4, 0.5) is 5.69 Å². The number of rotatable bonds is 6. The summed E-state index contributed by atoms with van der Waals surface area (Å²) < 4.78 is 0. The number of aryl methyl sites for hydroxylation is 1. The number of anilines is 1. The van der Waals surface area contributed by atoms with Crippen molar-refractivity contribution < 1.29 is 4.79 Å². The summed E-state index contributed by atoms with van der Waals surface area (Å²) in [4.78, 5) is 13.1. The molecule has 30 heavy (non-hydrogen) atoms. The normalized spacial score (nSPS) is 14.6. The molecule has 0 aliphatic heterocycles. The van der Waals surface area contributed by atoms with Gasteiger partial charge in [0.15, 0.2) is 0 Å². The lowest BCUT2D eigenvalue weighted by Crippen LogP contribution is -2.36. The van der Waals surface area contributed by atoms with E-state index < -0.39 is 0 Å². The monoisotopic (exact) mass is 397 g/mol. The Kier molecular flexibility index (Phi) is 5.66. The zero-order valence-corrected chi connectivity index (χ0v) is 17.2. The van der Waals surface area contributed by atoms with Gasteiger partial charge in [0.2, 0.25) is 0 Å². The van der Waals surface area contributed by atoms with E-state index in [1.54, 1.807) is 18.2 Å². The van der Waals surface area contributed by atoms with Crippen molar-refractivity contribution in [3.63, 3.8) is 0 Å². The second-order valence-corrected chi connectivity index (χ2v) is 8.10. The van der Waals surface area contributed by atoms with E-state index in [0.717, 1.165) is 29.5 Å². The first-order chi connectivity index (χ1) is 14.5. The van der Waals surface area contributed by atoms with Gasteiger partial charge in [0.05, 0.1) is 11.8 Å². The Morgan fingerprint density at radius 1 is 1.00 bits per heavy atom. The summed E-state index contributed by atoms with van der Waals surface area (Å²) in [5, 5.41) is 11.8. The maximum absolute atomic E-state index is 13.1. The molecular formula is C26H27N3O. The predicted octanol–water partition coefficient (Wildman–Crippen LogP) is 5.26. The summed E-state index contributed by atoms with van der Waals surface area (Å²) >= 11 is 0. The Bertz CT molecular complexity index is 1050. The maximum Gasteiger partial charge on any atom is 0.251 e. The van der Waals surface area contributed by atoms with E-state index in [2.05, 4.69) is 17.4 Å². The van der Waals surface area contributed by atoms with Crippen molar-refractivity contribution in [3.05, 3.63) is 101 Å². The number of benzene rings is 3. The van der Waals surface area contributed by atoms with E-state index in [1.807, 2.05) is 49.4 Å². The fourth-order valence-electron chi connectivity index (χ4n) is 3.92. The van der Waals surface area contributed by atoms with Crippen LogP contribution >= 0.6 is 0 Å². The number of nitrogens with two attached hydrogens (primary N) is 1. The first-order valence-corrected chi connectivity index (χ1v) is 10.4. The second-order valence-electron chi connectivity index (χ2n) is 8.10. The minimum atomic E-state index is -0.131. The van der Waals surface area contributed by atoms with Crippen LogP contribution in [-0.2, 0) is 0 Å². The van der Waals surface area contributed by atoms with Gasteiger partial charge in [-0.3, -0.25) is 10.2 Å². The van der Waals surface area contributed by atoms with E-state index in [-0.39, 0.29) is 11.9 Å². The molecule has 1 fully saturated rings. The molecule has 0 aromatic heterocycles. The lowest BCUT2D eigenvalue weighted by atomic mass is 9.77. The van der Waals surface area contributed by atoms with Crippen molar-refractivity contribution in [1.29, 1.82) is 5.41 Å². The predicted molar refractivity (Wildman–Crippen MR) is 122 cm³/mol. The third kappa shape index (κ3) is 4.13. The van der Waals surface area contributed by atoms with Crippen LogP contribution in [0.5, 0.6) is 0 Å². The molecule has 1 amide bonds. The van der Waals surface area contributed by atoms with Crippen molar-refractivity contribution in [2.75, 3.05) is 5.73 Å². The molecule has 1 atom stereocenters.